The summed E-state index contributed by atoms with van der Waals surface area (Å²) in [5.41, 5.74) is 0.998. The number of nitrogens with one attached hydrogen (secondary N) is 1. The Hall–Kier alpha value is -4.58. The molecule has 9 heteroatoms. The lowest BCUT2D eigenvalue weighted by Crippen LogP contribution is -2.24. The lowest BCUT2D eigenvalue weighted by molar-refractivity contribution is -0.384. The van der Waals surface area contributed by atoms with Gasteiger partial charge >= 0.3 is 0 Å². The Kier molecular flexibility index (Phi) is 6.88. The monoisotopic (exact) mass is 433 g/mol. The molecule has 162 valence electrons. The van der Waals surface area contributed by atoms with Crippen molar-refractivity contribution in [3.05, 3.63) is 81.6 Å². The summed E-state index contributed by atoms with van der Waals surface area (Å²) >= 11 is 0. The van der Waals surface area contributed by atoms with Gasteiger partial charge in [0.15, 0.2) is 0 Å². The molecule has 0 saturated heterocycles. The maximum atomic E-state index is 12.5. The minimum atomic E-state index is -0.585. The number of nitriles is 1. The second-order valence-electron chi connectivity index (χ2n) is 6.54. The van der Waals surface area contributed by atoms with Gasteiger partial charge in [-0.3, -0.25) is 14.9 Å². The topological polar surface area (TPSA) is 128 Å². The lowest BCUT2D eigenvalue weighted by atomic mass is 10.1. The molecule has 0 aliphatic carbocycles. The largest absolute Gasteiger partial charge is 0.497 e. The summed E-state index contributed by atoms with van der Waals surface area (Å²) in [6.45, 7) is 0.141. The molecular weight excluding hydrogens is 414 g/mol. The number of non-ortho nitro benzene ring substituents is 1. The number of benzene rings is 2. The zero-order chi connectivity index (χ0) is 23.1. The third kappa shape index (κ3) is 5.12. The number of nitro groups is 1. The number of carbonyl (C=O) groups is 1. The van der Waals surface area contributed by atoms with Gasteiger partial charge in [0.1, 0.15) is 34.7 Å². The number of furan rings is 1. The fraction of sp³-hybridized carbons (Fsp3) is 0.130. The van der Waals surface area contributed by atoms with E-state index in [1.807, 2.05) is 6.07 Å². The van der Waals surface area contributed by atoms with Crippen molar-refractivity contribution in [2.24, 2.45) is 0 Å². The molecule has 0 fully saturated rings. The van der Waals surface area contributed by atoms with E-state index in [1.54, 1.807) is 49.6 Å². The minimum Gasteiger partial charge on any atom is -0.497 e. The molecule has 1 N–H and O–H groups in total. The number of ether oxygens (including phenoxy) is 2. The first-order valence-electron chi connectivity index (χ1n) is 9.40. The van der Waals surface area contributed by atoms with Crippen LogP contribution in [0.1, 0.15) is 11.3 Å². The predicted molar refractivity (Wildman–Crippen MR) is 116 cm³/mol. The van der Waals surface area contributed by atoms with Crippen LogP contribution in [0.25, 0.3) is 17.4 Å². The molecule has 32 heavy (non-hydrogen) atoms. The summed E-state index contributed by atoms with van der Waals surface area (Å²) in [5, 5.41) is 23.0. The van der Waals surface area contributed by atoms with Crippen molar-refractivity contribution in [2.75, 3.05) is 14.2 Å². The Morgan fingerprint density at radius 3 is 2.69 bits per heavy atom. The van der Waals surface area contributed by atoms with Crippen molar-refractivity contribution >= 4 is 17.7 Å². The van der Waals surface area contributed by atoms with Crippen LogP contribution in [-0.4, -0.2) is 25.1 Å². The molecule has 0 aliphatic heterocycles. The average molecular weight is 433 g/mol. The van der Waals surface area contributed by atoms with Gasteiger partial charge in [-0.1, -0.05) is 12.1 Å². The molecule has 2 aromatic carbocycles. The molecule has 1 heterocycles. The number of methoxy groups -OCH3 is 2. The van der Waals surface area contributed by atoms with Crippen molar-refractivity contribution in [1.82, 2.24) is 5.32 Å². The quantitative estimate of drug-likeness (QED) is 0.245. The molecule has 0 radical (unpaired) electrons. The first-order chi connectivity index (χ1) is 15.4. The normalized spacial score (nSPS) is 10.8. The molecule has 0 atom stereocenters. The van der Waals surface area contributed by atoms with Gasteiger partial charge in [-0.25, -0.2) is 0 Å². The molecule has 9 nitrogen and oxygen atoms in total. The van der Waals surface area contributed by atoms with E-state index in [9.17, 15) is 20.2 Å². The number of nitro benzene ring substituents is 1. The highest BCUT2D eigenvalue weighted by Gasteiger charge is 2.14. The molecular formula is C23H19N3O6. The SMILES string of the molecule is COc1ccc(CNC(=O)/C(C#N)=C/c2ccc(-c3cccc([N+](=O)[O-])c3)o2)c(OC)c1. The molecule has 0 unspecified atom stereocenters. The summed E-state index contributed by atoms with van der Waals surface area (Å²) in [6.07, 6.45) is 1.31. The van der Waals surface area contributed by atoms with Gasteiger partial charge in [0.25, 0.3) is 11.6 Å². The van der Waals surface area contributed by atoms with Gasteiger partial charge in [-0.15, -0.1) is 0 Å². The van der Waals surface area contributed by atoms with E-state index in [2.05, 4.69) is 5.32 Å². The summed E-state index contributed by atoms with van der Waals surface area (Å²) in [4.78, 5) is 22.9. The summed E-state index contributed by atoms with van der Waals surface area (Å²) in [7, 11) is 3.05. The highest BCUT2D eigenvalue weighted by Crippen LogP contribution is 2.27. The number of carbonyl (C=O) groups excluding carboxylic acids is 1. The molecule has 0 spiro atoms. The van der Waals surface area contributed by atoms with Crippen LogP contribution < -0.4 is 14.8 Å². The molecule has 1 aromatic heterocycles. The second-order valence-corrected chi connectivity index (χ2v) is 6.54. The fourth-order valence-electron chi connectivity index (χ4n) is 2.92. The van der Waals surface area contributed by atoms with Crippen molar-refractivity contribution in [3.8, 4) is 28.9 Å². The first-order valence-corrected chi connectivity index (χ1v) is 9.40. The van der Waals surface area contributed by atoms with Gasteiger partial charge in [0.2, 0.25) is 0 Å². The molecule has 3 aromatic rings. The van der Waals surface area contributed by atoms with Crippen LogP contribution in [0.5, 0.6) is 11.5 Å². The van der Waals surface area contributed by atoms with Crippen molar-refractivity contribution in [2.45, 2.75) is 6.54 Å². The van der Waals surface area contributed by atoms with E-state index in [4.69, 9.17) is 13.9 Å². The van der Waals surface area contributed by atoms with Crippen LogP contribution in [0.15, 0.2) is 64.6 Å². The van der Waals surface area contributed by atoms with Crippen molar-refractivity contribution in [3.63, 3.8) is 0 Å². The van der Waals surface area contributed by atoms with E-state index >= 15 is 0 Å². The third-order valence-corrected chi connectivity index (χ3v) is 4.55. The van der Waals surface area contributed by atoms with Gasteiger partial charge in [0.05, 0.1) is 19.1 Å². The Morgan fingerprint density at radius 1 is 1.19 bits per heavy atom. The van der Waals surface area contributed by atoms with Crippen molar-refractivity contribution in [1.29, 1.82) is 5.26 Å². The van der Waals surface area contributed by atoms with E-state index in [0.29, 0.717) is 28.4 Å². The van der Waals surface area contributed by atoms with Crippen LogP contribution in [0.3, 0.4) is 0 Å². The van der Waals surface area contributed by atoms with E-state index in [-0.39, 0.29) is 23.6 Å². The third-order valence-electron chi connectivity index (χ3n) is 4.55. The predicted octanol–water partition coefficient (Wildman–Crippen LogP) is 4.10. The lowest BCUT2D eigenvalue weighted by Gasteiger charge is -2.11. The van der Waals surface area contributed by atoms with Gasteiger partial charge in [-0.05, 0) is 24.3 Å². The van der Waals surface area contributed by atoms with Crippen molar-refractivity contribution < 1.29 is 23.6 Å². The highest BCUT2D eigenvalue weighted by atomic mass is 16.6. The zero-order valence-corrected chi connectivity index (χ0v) is 17.3. The Balaban J connectivity index is 1.74. The highest BCUT2D eigenvalue weighted by molar-refractivity contribution is 6.01. The average Bonchev–Trinajstić information content (AvgIpc) is 3.29. The molecule has 1 amide bonds. The Morgan fingerprint density at radius 2 is 2.00 bits per heavy atom. The van der Waals surface area contributed by atoms with E-state index in [0.717, 1.165) is 0 Å². The number of nitrogens with zero attached hydrogens (tertiary/aromatic N) is 2. The summed E-state index contributed by atoms with van der Waals surface area (Å²) in [6, 6.07) is 16.2. The summed E-state index contributed by atoms with van der Waals surface area (Å²) < 4.78 is 16.1. The minimum absolute atomic E-state index is 0.0676. The van der Waals surface area contributed by atoms with Crippen LogP contribution in [0.2, 0.25) is 0 Å². The maximum absolute atomic E-state index is 12.5. The van der Waals surface area contributed by atoms with Crippen LogP contribution >= 0.6 is 0 Å². The fourth-order valence-corrected chi connectivity index (χ4v) is 2.92. The summed E-state index contributed by atoms with van der Waals surface area (Å²) in [5.74, 6) is 1.21. The number of hydrogen-bond acceptors (Lipinski definition) is 7. The van der Waals surface area contributed by atoms with Gasteiger partial charge in [-0.2, -0.15) is 5.26 Å². The maximum Gasteiger partial charge on any atom is 0.270 e. The van der Waals surface area contributed by atoms with Gasteiger partial charge in [0, 0.05) is 41.9 Å². The van der Waals surface area contributed by atoms with Crippen LogP contribution in [-0.2, 0) is 11.3 Å². The smallest absolute Gasteiger partial charge is 0.270 e. The van der Waals surface area contributed by atoms with E-state index in [1.165, 1.54) is 25.3 Å². The molecule has 0 saturated carbocycles. The standard InChI is InChI=1S/C23H19N3O6/c1-30-19-7-6-16(22(12-19)31-2)14-25-23(27)17(13-24)11-20-8-9-21(32-20)15-4-3-5-18(10-15)26(28)29/h3-12H,14H2,1-2H3,(H,25,27)/b17-11+. The Labute approximate surface area is 183 Å². The van der Waals surface area contributed by atoms with Crippen LogP contribution in [0.4, 0.5) is 5.69 Å². The molecule has 0 aliphatic rings. The zero-order valence-electron chi connectivity index (χ0n) is 17.3. The number of amides is 1. The first kappa shape index (κ1) is 22.1. The number of hydrogen-bond donors (Lipinski definition) is 1. The second kappa shape index (κ2) is 9.95. The number of rotatable bonds is 8. The Bertz CT molecular complexity index is 1220. The molecule has 3 rings (SSSR count). The van der Waals surface area contributed by atoms with E-state index < -0.39 is 10.8 Å². The van der Waals surface area contributed by atoms with Gasteiger partial charge < -0.3 is 19.2 Å². The molecule has 0 bridgehead atoms. The van der Waals surface area contributed by atoms with Crippen LogP contribution in [0, 0.1) is 21.4 Å².